The summed E-state index contributed by atoms with van der Waals surface area (Å²) in [5.74, 6) is 0.587. The van der Waals surface area contributed by atoms with Crippen molar-refractivity contribution in [1.29, 1.82) is 0 Å². The smallest absolute Gasteiger partial charge is 0.269 e. The molecule has 0 radical (unpaired) electrons. The molecule has 1 amide bonds. The molecule has 0 aliphatic heterocycles. The van der Waals surface area contributed by atoms with E-state index in [1.807, 2.05) is 72.8 Å². The number of aromatic nitrogens is 1. The second kappa shape index (κ2) is 8.64. The summed E-state index contributed by atoms with van der Waals surface area (Å²) >= 11 is 7.55. The molecule has 0 saturated carbocycles. The van der Waals surface area contributed by atoms with Gasteiger partial charge in [-0.15, -0.1) is 0 Å². The van der Waals surface area contributed by atoms with Gasteiger partial charge < -0.3 is 15.0 Å². The molecule has 0 unspecified atom stereocenters. The number of hydrogen-bond donors (Lipinski definition) is 2. The number of rotatable bonds is 6. The monoisotopic (exact) mass is 422 g/mol. The molecule has 4 rings (SSSR count). The molecule has 1 heterocycles. The minimum atomic E-state index is -0.163. The second-order valence-corrected chi connectivity index (χ2v) is 7.95. The van der Waals surface area contributed by atoms with Crippen LogP contribution in [0.25, 0.3) is 10.9 Å². The van der Waals surface area contributed by atoms with Crippen molar-refractivity contribution in [2.75, 3.05) is 7.11 Å². The van der Waals surface area contributed by atoms with Crippen LogP contribution in [-0.2, 0) is 6.54 Å². The summed E-state index contributed by atoms with van der Waals surface area (Å²) in [5.41, 5.74) is 2.39. The van der Waals surface area contributed by atoms with Crippen LogP contribution in [0.1, 0.15) is 16.1 Å². The van der Waals surface area contributed by atoms with Crippen LogP contribution < -0.4 is 10.1 Å². The molecule has 3 aromatic carbocycles. The van der Waals surface area contributed by atoms with Crippen LogP contribution in [0.3, 0.4) is 0 Å². The van der Waals surface area contributed by atoms with Crippen LogP contribution in [-0.4, -0.2) is 18.0 Å². The lowest BCUT2D eigenvalue weighted by atomic mass is 10.2. The fourth-order valence-corrected chi connectivity index (χ4v) is 4.28. The molecule has 0 aliphatic rings. The van der Waals surface area contributed by atoms with E-state index in [0.29, 0.717) is 17.3 Å². The average molecular weight is 423 g/mol. The Balaban J connectivity index is 1.63. The Labute approximate surface area is 178 Å². The lowest BCUT2D eigenvalue weighted by Gasteiger charge is -2.10. The first-order valence-electron chi connectivity index (χ1n) is 9.10. The zero-order chi connectivity index (χ0) is 20.2. The largest absolute Gasteiger partial charge is 0.496 e. The van der Waals surface area contributed by atoms with Crippen molar-refractivity contribution in [3.63, 3.8) is 0 Å². The zero-order valence-electron chi connectivity index (χ0n) is 15.7. The molecule has 0 bridgehead atoms. The standard InChI is InChI=1S/C23H19ClN2O2S/c1-28-20-9-5-2-6-15(20)14-25-23(27)21-22(18-7-3-4-8-19(18)26-21)29-17-12-10-16(24)11-13-17/h2-13,26H,14H2,1H3,(H,25,27). The summed E-state index contributed by atoms with van der Waals surface area (Å²) < 4.78 is 5.37. The molecule has 4 aromatic rings. The van der Waals surface area contributed by atoms with Gasteiger partial charge in [-0.25, -0.2) is 0 Å². The van der Waals surface area contributed by atoms with Crippen LogP contribution in [0.5, 0.6) is 5.75 Å². The number of amides is 1. The second-order valence-electron chi connectivity index (χ2n) is 6.43. The van der Waals surface area contributed by atoms with Crippen LogP contribution in [0, 0.1) is 0 Å². The van der Waals surface area contributed by atoms with Crippen molar-refractivity contribution in [3.8, 4) is 5.75 Å². The highest BCUT2D eigenvalue weighted by atomic mass is 35.5. The number of hydrogen-bond acceptors (Lipinski definition) is 3. The van der Waals surface area contributed by atoms with E-state index in [1.54, 1.807) is 18.9 Å². The van der Waals surface area contributed by atoms with E-state index in [4.69, 9.17) is 16.3 Å². The van der Waals surface area contributed by atoms with Gasteiger partial charge in [0.25, 0.3) is 5.91 Å². The normalized spacial score (nSPS) is 10.8. The van der Waals surface area contributed by atoms with Crippen LogP contribution in [0.4, 0.5) is 0 Å². The van der Waals surface area contributed by atoms with Crippen molar-refractivity contribution >= 4 is 40.2 Å². The van der Waals surface area contributed by atoms with Crippen molar-refractivity contribution < 1.29 is 9.53 Å². The molecular formula is C23H19ClN2O2S. The van der Waals surface area contributed by atoms with Crippen molar-refractivity contribution in [2.45, 2.75) is 16.3 Å². The number of carbonyl (C=O) groups excluding carboxylic acids is 1. The lowest BCUT2D eigenvalue weighted by Crippen LogP contribution is -2.24. The minimum Gasteiger partial charge on any atom is -0.496 e. The number of para-hydroxylation sites is 2. The van der Waals surface area contributed by atoms with Gasteiger partial charge in [-0.2, -0.15) is 0 Å². The van der Waals surface area contributed by atoms with E-state index in [0.717, 1.165) is 32.0 Å². The van der Waals surface area contributed by atoms with Gasteiger partial charge in [0.1, 0.15) is 11.4 Å². The third kappa shape index (κ3) is 4.26. The highest BCUT2D eigenvalue weighted by molar-refractivity contribution is 7.99. The van der Waals surface area contributed by atoms with Gasteiger partial charge in [-0.05, 0) is 36.4 Å². The third-order valence-electron chi connectivity index (χ3n) is 4.55. The molecular weight excluding hydrogens is 404 g/mol. The first kappa shape index (κ1) is 19.4. The number of ether oxygens (including phenoxy) is 1. The summed E-state index contributed by atoms with van der Waals surface area (Å²) in [6.45, 7) is 0.378. The van der Waals surface area contributed by atoms with Gasteiger partial charge in [-0.3, -0.25) is 4.79 Å². The summed E-state index contributed by atoms with van der Waals surface area (Å²) in [5, 5.41) is 4.69. The van der Waals surface area contributed by atoms with Gasteiger partial charge in [0.15, 0.2) is 0 Å². The Kier molecular flexibility index (Phi) is 5.79. The number of aromatic amines is 1. The number of methoxy groups -OCH3 is 1. The molecule has 0 saturated heterocycles. The number of nitrogens with one attached hydrogen (secondary N) is 2. The fourth-order valence-electron chi connectivity index (χ4n) is 3.12. The molecule has 1 aromatic heterocycles. The Morgan fingerprint density at radius 2 is 1.76 bits per heavy atom. The molecule has 146 valence electrons. The van der Waals surface area contributed by atoms with Gasteiger partial charge in [-0.1, -0.05) is 59.8 Å². The zero-order valence-corrected chi connectivity index (χ0v) is 17.3. The number of halogens is 1. The Morgan fingerprint density at radius 3 is 2.55 bits per heavy atom. The Bertz CT molecular complexity index is 1160. The number of benzene rings is 3. The van der Waals surface area contributed by atoms with E-state index >= 15 is 0 Å². The van der Waals surface area contributed by atoms with Crippen molar-refractivity contribution in [1.82, 2.24) is 10.3 Å². The third-order valence-corrected chi connectivity index (χ3v) is 5.94. The lowest BCUT2D eigenvalue weighted by molar-refractivity contribution is 0.0943. The fraction of sp³-hybridized carbons (Fsp3) is 0.0870. The van der Waals surface area contributed by atoms with Gasteiger partial charge in [0.2, 0.25) is 0 Å². The number of fused-ring (bicyclic) bond motifs is 1. The topological polar surface area (TPSA) is 54.1 Å². The highest BCUT2D eigenvalue weighted by Crippen LogP contribution is 2.37. The van der Waals surface area contributed by atoms with Gasteiger partial charge >= 0.3 is 0 Å². The van der Waals surface area contributed by atoms with Gasteiger partial charge in [0.05, 0.1) is 12.0 Å². The predicted octanol–water partition coefficient (Wildman–Crippen LogP) is 5.91. The maximum atomic E-state index is 13.0. The molecule has 0 fully saturated rings. The first-order chi connectivity index (χ1) is 14.2. The molecule has 6 heteroatoms. The number of H-pyrrole nitrogens is 1. The molecule has 0 spiro atoms. The quantitative estimate of drug-likeness (QED) is 0.406. The van der Waals surface area contributed by atoms with Crippen LogP contribution >= 0.6 is 23.4 Å². The highest BCUT2D eigenvalue weighted by Gasteiger charge is 2.19. The summed E-state index contributed by atoms with van der Waals surface area (Å²) in [6, 6.07) is 23.2. The predicted molar refractivity (Wildman–Crippen MR) is 118 cm³/mol. The van der Waals surface area contributed by atoms with Crippen LogP contribution in [0.15, 0.2) is 82.6 Å². The summed E-state index contributed by atoms with van der Waals surface area (Å²) in [7, 11) is 1.62. The minimum absolute atomic E-state index is 0.163. The first-order valence-corrected chi connectivity index (χ1v) is 10.3. The maximum Gasteiger partial charge on any atom is 0.269 e. The van der Waals surface area contributed by atoms with E-state index in [9.17, 15) is 4.79 Å². The molecule has 0 aliphatic carbocycles. The number of carbonyl (C=O) groups is 1. The Hall–Kier alpha value is -2.89. The van der Waals surface area contributed by atoms with E-state index in [-0.39, 0.29) is 5.91 Å². The van der Waals surface area contributed by atoms with E-state index < -0.39 is 0 Å². The summed E-state index contributed by atoms with van der Waals surface area (Å²) in [6.07, 6.45) is 0. The SMILES string of the molecule is COc1ccccc1CNC(=O)c1[nH]c2ccccc2c1Sc1ccc(Cl)cc1. The van der Waals surface area contributed by atoms with Crippen molar-refractivity contribution in [2.24, 2.45) is 0 Å². The van der Waals surface area contributed by atoms with Crippen molar-refractivity contribution in [3.05, 3.63) is 89.1 Å². The van der Waals surface area contributed by atoms with Crippen LogP contribution in [0.2, 0.25) is 5.02 Å². The molecule has 29 heavy (non-hydrogen) atoms. The molecule has 0 atom stereocenters. The maximum absolute atomic E-state index is 13.0. The van der Waals surface area contributed by atoms with E-state index in [2.05, 4.69) is 10.3 Å². The van der Waals surface area contributed by atoms with E-state index in [1.165, 1.54) is 0 Å². The van der Waals surface area contributed by atoms with Gasteiger partial charge in [0, 0.05) is 32.9 Å². The molecule has 4 nitrogen and oxygen atoms in total. The molecule has 2 N–H and O–H groups in total. The Morgan fingerprint density at radius 1 is 1.03 bits per heavy atom. The summed E-state index contributed by atoms with van der Waals surface area (Å²) in [4.78, 5) is 18.2. The average Bonchev–Trinajstić information content (AvgIpc) is 3.12.